The highest BCUT2D eigenvalue weighted by molar-refractivity contribution is 5.96. The summed E-state index contributed by atoms with van der Waals surface area (Å²) < 4.78 is 16.4. The molecule has 0 spiro atoms. The molecule has 1 fully saturated rings. The van der Waals surface area contributed by atoms with Gasteiger partial charge in [-0.15, -0.1) is 0 Å². The summed E-state index contributed by atoms with van der Waals surface area (Å²) in [5.74, 6) is 1.66. The van der Waals surface area contributed by atoms with E-state index >= 15 is 0 Å². The molecule has 0 N–H and O–H groups in total. The maximum atomic E-state index is 13.3. The van der Waals surface area contributed by atoms with Gasteiger partial charge < -0.3 is 24.0 Å². The summed E-state index contributed by atoms with van der Waals surface area (Å²) in [6.07, 6.45) is 6.53. The summed E-state index contributed by atoms with van der Waals surface area (Å²) in [6, 6.07) is 10.8. The number of rotatable bonds is 10. The lowest BCUT2D eigenvalue weighted by Gasteiger charge is -2.42. The van der Waals surface area contributed by atoms with Gasteiger partial charge >= 0.3 is 0 Å². The number of allylic oxidation sites excluding steroid dienone is 1. The molecule has 0 aromatic heterocycles. The molecule has 0 bridgehead atoms. The van der Waals surface area contributed by atoms with Crippen LogP contribution in [0.2, 0.25) is 0 Å². The minimum absolute atomic E-state index is 0.0190. The number of benzene rings is 2. The summed E-state index contributed by atoms with van der Waals surface area (Å²) in [6.45, 7) is 4.36. The maximum absolute atomic E-state index is 13.3. The molecule has 2 amide bonds. The van der Waals surface area contributed by atoms with Crippen molar-refractivity contribution >= 4 is 11.8 Å². The van der Waals surface area contributed by atoms with Gasteiger partial charge in [-0.3, -0.25) is 9.59 Å². The predicted molar refractivity (Wildman–Crippen MR) is 137 cm³/mol. The number of piperazine rings is 1. The Morgan fingerprint density at radius 2 is 1.51 bits per heavy atom. The van der Waals surface area contributed by atoms with Gasteiger partial charge in [-0.05, 0) is 42.2 Å². The summed E-state index contributed by atoms with van der Waals surface area (Å²) in [5, 5.41) is 0. The summed E-state index contributed by atoms with van der Waals surface area (Å²) >= 11 is 0. The highest BCUT2D eigenvalue weighted by Crippen LogP contribution is 2.41. The summed E-state index contributed by atoms with van der Waals surface area (Å²) in [7, 11) is 6.47. The fourth-order valence-corrected chi connectivity index (χ4v) is 4.38. The highest BCUT2D eigenvalue weighted by Gasteiger charge is 2.41. The molecule has 3 rings (SSSR count). The van der Waals surface area contributed by atoms with Crippen LogP contribution in [0.4, 0.5) is 0 Å². The number of amides is 2. The zero-order chi connectivity index (χ0) is 25.5. The van der Waals surface area contributed by atoms with E-state index < -0.39 is 12.1 Å². The smallest absolute Gasteiger partial charge is 0.246 e. The Morgan fingerprint density at radius 3 is 2.06 bits per heavy atom. The molecule has 1 heterocycles. The molecule has 188 valence electrons. The fraction of sp³-hybridized carbons (Fsp3) is 0.429. The Bertz CT molecular complexity index is 1040. The van der Waals surface area contributed by atoms with Crippen LogP contribution in [-0.4, -0.2) is 68.6 Å². The van der Waals surface area contributed by atoms with Gasteiger partial charge in [0.1, 0.15) is 12.1 Å². The van der Waals surface area contributed by atoms with E-state index in [9.17, 15) is 9.59 Å². The maximum Gasteiger partial charge on any atom is 0.246 e. The van der Waals surface area contributed by atoms with Crippen LogP contribution in [0.3, 0.4) is 0 Å². The zero-order valence-corrected chi connectivity index (χ0v) is 21.5. The minimum atomic E-state index is -0.523. The van der Waals surface area contributed by atoms with Crippen molar-refractivity contribution in [1.82, 2.24) is 9.80 Å². The van der Waals surface area contributed by atoms with Crippen LogP contribution in [0.1, 0.15) is 32.3 Å². The molecule has 0 aliphatic carbocycles. The molecular weight excluding hydrogens is 444 g/mol. The van der Waals surface area contributed by atoms with Crippen molar-refractivity contribution in [2.75, 3.05) is 34.9 Å². The number of carbonyl (C=O) groups excluding carboxylic acids is 2. The number of hydrogen-bond acceptors (Lipinski definition) is 5. The zero-order valence-electron chi connectivity index (χ0n) is 21.5. The molecule has 2 aromatic rings. The predicted octanol–water partition coefficient (Wildman–Crippen LogP) is 4.34. The second-order valence-electron chi connectivity index (χ2n) is 8.71. The first-order valence-electron chi connectivity index (χ1n) is 12.0. The van der Waals surface area contributed by atoms with Crippen LogP contribution in [0.15, 0.2) is 48.6 Å². The first-order valence-corrected chi connectivity index (χ1v) is 12.0. The second-order valence-corrected chi connectivity index (χ2v) is 8.71. The Kier molecular flexibility index (Phi) is 8.79. The molecule has 1 unspecified atom stereocenters. The molecule has 0 saturated carbocycles. The lowest BCUT2D eigenvalue weighted by molar-refractivity contribution is -0.158. The number of unbranched alkanes of at least 4 members (excludes halogenated alkanes) is 1. The van der Waals surface area contributed by atoms with Crippen LogP contribution < -0.4 is 14.2 Å². The van der Waals surface area contributed by atoms with Crippen molar-refractivity contribution in [1.29, 1.82) is 0 Å². The van der Waals surface area contributed by atoms with Gasteiger partial charge in [-0.1, -0.05) is 49.8 Å². The summed E-state index contributed by atoms with van der Waals surface area (Å²) in [4.78, 5) is 29.4. The second kappa shape index (κ2) is 11.8. The Hall–Kier alpha value is -3.48. The molecule has 2 aromatic carbocycles. The SMILES string of the molecule is CCC/C=C/CN1C(=O)C(Cc2ccc(-c3cc(OC)c(OC)c(OC)c3)cc2)N(C)C(=O)[C@@H]1C. The third kappa shape index (κ3) is 5.61. The molecule has 1 aliphatic heterocycles. The van der Waals surface area contributed by atoms with Crippen molar-refractivity contribution in [3.8, 4) is 28.4 Å². The van der Waals surface area contributed by atoms with Crippen LogP contribution >= 0.6 is 0 Å². The number of carbonyl (C=O) groups is 2. The van der Waals surface area contributed by atoms with Gasteiger partial charge in [-0.25, -0.2) is 0 Å². The average molecular weight is 481 g/mol. The van der Waals surface area contributed by atoms with E-state index in [-0.39, 0.29) is 11.8 Å². The third-order valence-corrected chi connectivity index (χ3v) is 6.51. The van der Waals surface area contributed by atoms with E-state index in [1.807, 2.05) is 42.5 Å². The van der Waals surface area contributed by atoms with Crippen molar-refractivity contribution in [2.45, 2.75) is 45.2 Å². The van der Waals surface area contributed by atoms with Crippen molar-refractivity contribution in [3.05, 3.63) is 54.1 Å². The van der Waals surface area contributed by atoms with Crippen LogP contribution in [-0.2, 0) is 16.0 Å². The van der Waals surface area contributed by atoms with Gasteiger partial charge in [0.2, 0.25) is 17.6 Å². The molecule has 35 heavy (non-hydrogen) atoms. The van der Waals surface area contributed by atoms with Crippen molar-refractivity contribution in [2.24, 2.45) is 0 Å². The lowest BCUT2D eigenvalue weighted by Crippen LogP contribution is -2.63. The topological polar surface area (TPSA) is 68.3 Å². The number of nitrogens with zero attached hydrogens (tertiary/aromatic N) is 2. The van der Waals surface area contributed by atoms with E-state index in [1.54, 1.807) is 45.1 Å². The number of methoxy groups -OCH3 is 3. The van der Waals surface area contributed by atoms with E-state index in [4.69, 9.17) is 14.2 Å². The van der Waals surface area contributed by atoms with Crippen molar-refractivity contribution < 1.29 is 23.8 Å². The van der Waals surface area contributed by atoms with Crippen LogP contribution in [0.25, 0.3) is 11.1 Å². The van der Waals surface area contributed by atoms with Crippen molar-refractivity contribution in [3.63, 3.8) is 0 Å². The largest absolute Gasteiger partial charge is 0.493 e. The normalized spacial score (nSPS) is 18.3. The molecule has 7 nitrogen and oxygen atoms in total. The van der Waals surface area contributed by atoms with Crippen LogP contribution in [0.5, 0.6) is 17.2 Å². The molecule has 1 aliphatic rings. The molecular formula is C28H36N2O5. The quantitative estimate of drug-likeness (QED) is 0.474. The van der Waals surface area contributed by atoms with Gasteiger partial charge in [0.25, 0.3) is 0 Å². The standard InChI is InChI=1S/C28H36N2O5/c1-7-8-9-10-15-30-19(2)27(31)29(3)23(28(30)32)16-20-11-13-21(14-12-20)22-17-24(33-4)26(35-6)25(18-22)34-5/h9-14,17-19,23H,7-8,15-16H2,1-6H3/b10-9+/t19-,23?/m0/s1. The molecule has 7 heteroatoms. The van der Waals surface area contributed by atoms with Gasteiger partial charge in [-0.2, -0.15) is 0 Å². The van der Waals surface area contributed by atoms with E-state index in [1.165, 1.54) is 0 Å². The highest BCUT2D eigenvalue weighted by atomic mass is 16.5. The Morgan fingerprint density at radius 1 is 0.886 bits per heavy atom. The van der Waals surface area contributed by atoms with E-state index in [0.29, 0.717) is 30.2 Å². The third-order valence-electron chi connectivity index (χ3n) is 6.51. The number of ether oxygens (including phenoxy) is 3. The monoisotopic (exact) mass is 480 g/mol. The minimum Gasteiger partial charge on any atom is -0.493 e. The van der Waals surface area contributed by atoms with Gasteiger partial charge in [0.05, 0.1) is 21.3 Å². The number of hydrogen-bond donors (Lipinski definition) is 0. The van der Waals surface area contributed by atoms with E-state index in [0.717, 1.165) is 29.5 Å². The van der Waals surface area contributed by atoms with Gasteiger partial charge in [0, 0.05) is 20.0 Å². The molecule has 2 atom stereocenters. The molecule has 1 saturated heterocycles. The van der Waals surface area contributed by atoms with Crippen LogP contribution in [0, 0.1) is 0 Å². The fourth-order valence-electron chi connectivity index (χ4n) is 4.38. The first-order chi connectivity index (χ1) is 16.9. The van der Waals surface area contributed by atoms with Gasteiger partial charge in [0.15, 0.2) is 11.5 Å². The average Bonchev–Trinajstić information content (AvgIpc) is 2.89. The lowest BCUT2D eigenvalue weighted by atomic mass is 9.96. The molecule has 0 radical (unpaired) electrons. The number of likely N-dealkylation sites (N-methyl/N-ethyl adjacent to an activating group) is 1. The van der Waals surface area contributed by atoms with E-state index in [2.05, 4.69) is 13.0 Å². The first kappa shape index (κ1) is 26.1. The summed E-state index contributed by atoms with van der Waals surface area (Å²) in [5.41, 5.74) is 2.88. The Balaban J connectivity index is 1.81. The Labute approximate surface area is 208 Å².